The Morgan fingerprint density at radius 2 is 2.50 bits per heavy atom. The number of aliphatic hydroxyl groups excluding tert-OH is 1. The fourth-order valence-corrected chi connectivity index (χ4v) is 2.29. The van der Waals surface area contributed by atoms with Crippen LogP contribution in [-0.4, -0.2) is 40.9 Å². The molecule has 2 amide bonds. The van der Waals surface area contributed by atoms with Crippen molar-refractivity contribution in [2.45, 2.75) is 31.9 Å². The SMILES string of the molecule is CN(C[C@@H]1CCC[C@H]1O)C(=O)NCc1ccon1. The van der Waals surface area contributed by atoms with Gasteiger partial charge in [-0.15, -0.1) is 0 Å². The van der Waals surface area contributed by atoms with Crippen LogP contribution < -0.4 is 5.32 Å². The lowest BCUT2D eigenvalue weighted by Gasteiger charge is -2.23. The molecule has 1 aromatic heterocycles. The van der Waals surface area contributed by atoms with Crippen molar-refractivity contribution in [2.75, 3.05) is 13.6 Å². The minimum absolute atomic E-state index is 0.155. The number of aliphatic hydroxyl groups is 1. The molecule has 6 heteroatoms. The van der Waals surface area contributed by atoms with Crippen LogP contribution in [0.25, 0.3) is 0 Å². The molecule has 100 valence electrons. The van der Waals surface area contributed by atoms with E-state index in [9.17, 15) is 9.90 Å². The molecule has 2 rings (SSSR count). The lowest BCUT2D eigenvalue weighted by molar-refractivity contribution is 0.114. The summed E-state index contributed by atoms with van der Waals surface area (Å²) in [6.07, 6.45) is 4.08. The van der Waals surface area contributed by atoms with Gasteiger partial charge in [0.05, 0.1) is 12.6 Å². The highest BCUT2D eigenvalue weighted by molar-refractivity contribution is 5.73. The van der Waals surface area contributed by atoms with Gasteiger partial charge in [-0.2, -0.15) is 0 Å². The van der Waals surface area contributed by atoms with E-state index in [0.717, 1.165) is 19.3 Å². The van der Waals surface area contributed by atoms with Crippen LogP contribution >= 0.6 is 0 Å². The Balaban J connectivity index is 1.74. The molecule has 0 radical (unpaired) electrons. The molecule has 6 nitrogen and oxygen atoms in total. The topological polar surface area (TPSA) is 78.6 Å². The van der Waals surface area contributed by atoms with Crippen molar-refractivity contribution in [1.29, 1.82) is 0 Å². The molecule has 0 spiro atoms. The molecule has 2 N–H and O–H groups in total. The van der Waals surface area contributed by atoms with E-state index in [4.69, 9.17) is 0 Å². The van der Waals surface area contributed by atoms with Crippen molar-refractivity contribution in [3.05, 3.63) is 18.0 Å². The molecular formula is C12H19N3O3. The number of rotatable bonds is 4. The second kappa shape index (κ2) is 5.86. The Morgan fingerprint density at radius 1 is 1.67 bits per heavy atom. The summed E-state index contributed by atoms with van der Waals surface area (Å²) in [5.74, 6) is 0.202. The summed E-state index contributed by atoms with van der Waals surface area (Å²) in [5, 5.41) is 16.2. The Hall–Kier alpha value is -1.56. The Kier molecular flexibility index (Phi) is 4.19. The average molecular weight is 253 g/mol. The van der Waals surface area contributed by atoms with E-state index in [1.165, 1.54) is 6.26 Å². The summed E-state index contributed by atoms with van der Waals surface area (Å²) in [6.45, 7) is 0.943. The van der Waals surface area contributed by atoms with Crippen molar-refractivity contribution >= 4 is 6.03 Å². The summed E-state index contributed by atoms with van der Waals surface area (Å²) in [7, 11) is 1.74. The average Bonchev–Trinajstić information content (AvgIpc) is 2.99. The van der Waals surface area contributed by atoms with Crippen LogP contribution in [0, 0.1) is 5.92 Å². The largest absolute Gasteiger partial charge is 0.393 e. The Labute approximate surface area is 106 Å². The van der Waals surface area contributed by atoms with Gasteiger partial charge in [0, 0.05) is 25.6 Å². The number of carbonyl (C=O) groups is 1. The van der Waals surface area contributed by atoms with Gasteiger partial charge in [0.15, 0.2) is 0 Å². The first-order valence-electron chi connectivity index (χ1n) is 6.23. The van der Waals surface area contributed by atoms with Crippen LogP contribution in [0.15, 0.2) is 16.9 Å². The zero-order valence-corrected chi connectivity index (χ0v) is 10.5. The lowest BCUT2D eigenvalue weighted by atomic mass is 10.1. The molecule has 1 aromatic rings. The molecule has 1 aliphatic carbocycles. The quantitative estimate of drug-likeness (QED) is 0.838. The molecule has 2 atom stereocenters. The van der Waals surface area contributed by atoms with Gasteiger partial charge in [0.2, 0.25) is 0 Å². The van der Waals surface area contributed by atoms with Crippen LogP contribution in [0.1, 0.15) is 25.0 Å². The van der Waals surface area contributed by atoms with E-state index >= 15 is 0 Å². The lowest BCUT2D eigenvalue weighted by Crippen LogP contribution is -2.40. The maximum absolute atomic E-state index is 11.8. The van der Waals surface area contributed by atoms with Gasteiger partial charge < -0.3 is 19.8 Å². The third-order valence-electron chi connectivity index (χ3n) is 3.39. The third-order valence-corrected chi connectivity index (χ3v) is 3.39. The number of amides is 2. The number of hydrogen-bond donors (Lipinski definition) is 2. The van der Waals surface area contributed by atoms with Crippen molar-refractivity contribution in [3.8, 4) is 0 Å². The molecule has 1 fully saturated rings. The van der Waals surface area contributed by atoms with Crippen molar-refractivity contribution < 1.29 is 14.4 Å². The summed E-state index contributed by atoms with van der Waals surface area (Å²) < 4.78 is 4.68. The Morgan fingerprint density at radius 3 is 3.11 bits per heavy atom. The smallest absolute Gasteiger partial charge is 0.317 e. The normalized spacial score (nSPS) is 23.0. The molecule has 0 bridgehead atoms. The molecule has 0 saturated heterocycles. The van der Waals surface area contributed by atoms with Gasteiger partial charge in [-0.1, -0.05) is 11.6 Å². The number of nitrogens with zero attached hydrogens (tertiary/aromatic N) is 2. The maximum Gasteiger partial charge on any atom is 0.317 e. The van der Waals surface area contributed by atoms with E-state index < -0.39 is 0 Å². The van der Waals surface area contributed by atoms with Gasteiger partial charge in [-0.3, -0.25) is 0 Å². The highest BCUT2D eigenvalue weighted by Gasteiger charge is 2.27. The van der Waals surface area contributed by atoms with E-state index in [0.29, 0.717) is 18.8 Å². The predicted octanol–water partition coefficient (Wildman–Crippen LogP) is 0.977. The zero-order chi connectivity index (χ0) is 13.0. The fourth-order valence-electron chi connectivity index (χ4n) is 2.29. The van der Waals surface area contributed by atoms with E-state index in [-0.39, 0.29) is 18.1 Å². The number of aromatic nitrogens is 1. The highest BCUT2D eigenvalue weighted by atomic mass is 16.5. The van der Waals surface area contributed by atoms with Crippen LogP contribution in [0.5, 0.6) is 0 Å². The van der Waals surface area contributed by atoms with Crippen molar-refractivity contribution in [2.24, 2.45) is 5.92 Å². The minimum atomic E-state index is -0.268. The van der Waals surface area contributed by atoms with Gasteiger partial charge in [0.1, 0.15) is 12.0 Å². The number of nitrogens with one attached hydrogen (secondary N) is 1. The first-order chi connectivity index (χ1) is 8.66. The number of hydrogen-bond acceptors (Lipinski definition) is 4. The number of carbonyl (C=O) groups excluding carboxylic acids is 1. The maximum atomic E-state index is 11.8. The van der Waals surface area contributed by atoms with Gasteiger partial charge in [-0.25, -0.2) is 4.79 Å². The molecular weight excluding hydrogens is 234 g/mol. The molecule has 1 heterocycles. The van der Waals surface area contributed by atoms with E-state index in [1.54, 1.807) is 18.0 Å². The summed E-state index contributed by atoms with van der Waals surface area (Å²) >= 11 is 0. The molecule has 0 aromatic carbocycles. The molecule has 0 unspecified atom stereocenters. The first-order valence-corrected chi connectivity index (χ1v) is 6.23. The van der Waals surface area contributed by atoms with Crippen LogP contribution in [0.4, 0.5) is 4.79 Å². The minimum Gasteiger partial charge on any atom is -0.393 e. The summed E-state index contributed by atoms with van der Waals surface area (Å²) in [5.41, 5.74) is 0.692. The molecule has 0 aliphatic heterocycles. The van der Waals surface area contributed by atoms with Gasteiger partial charge in [-0.05, 0) is 12.8 Å². The van der Waals surface area contributed by atoms with E-state index in [1.807, 2.05) is 0 Å². The summed E-state index contributed by atoms with van der Waals surface area (Å²) in [6, 6.07) is 1.55. The molecule has 1 saturated carbocycles. The fraction of sp³-hybridized carbons (Fsp3) is 0.667. The van der Waals surface area contributed by atoms with Crippen molar-refractivity contribution in [1.82, 2.24) is 15.4 Å². The monoisotopic (exact) mass is 253 g/mol. The second-order valence-corrected chi connectivity index (χ2v) is 4.79. The standard InChI is InChI=1S/C12H19N3O3/c1-15(8-9-3-2-4-11(9)16)12(17)13-7-10-5-6-18-14-10/h5-6,9,11,16H,2-4,7-8H2,1H3,(H,13,17)/t9-,11+/m0/s1. The molecule has 1 aliphatic rings. The van der Waals surface area contributed by atoms with Crippen LogP contribution in [-0.2, 0) is 6.54 Å². The number of urea groups is 1. The summed E-state index contributed by atoms with van der Waals surface area (Å²) in [4.78, 5) is 13.4. The van der Waals surface area contributed by atoms with Gasteiger partial charge >= 0.3 is 6.03 Å². The van der Waals surface area contributed by atoms with Crippen LogP contribution in [0.3, 0.4) is 0 Å². The van der Waals surface area contributed by atoms with E-state index in [2.05, 4.69) is 15.0 Å². The zero-order valence-electron chi connectivity index (χ0n) is 10.5. The second-order valence-electron chi connectivity index (χ2n) is 4.79. The van der Waals surface area contributed by atoms with Crippen molar-refractivity contribution in [3.63, 3.8) is 0 Å². The first kappa shape index (κ1) is 12.9. The molecule has 18 heavy (non-hydrogen) atoms. The van der Waals surface area contributed by atoms with Crippen LogP contribution in [0.2, 0.25) is 0 Å². The highest BCUT2D eigenvalue weighted by Crippen LogP contribution is 2.25. The Bertz CT molecular complexity index is 380. The third kappa shape index (κ3) is 3.22. The predicted molar refractivity (Wildman–Crippen MR) is 64.7 cm³/mol. The van der Waals surface area contributed by atoms with Gasteiger partial charge in [0.25, 0.3) is 0 Å².